The standard InChI is InChI=1S/C11H16N2O3/c1-3-10(15)13-9(7-14)8-4-5-12-11(6-8)16-2/h4-6,9,14H,3,7H2,1-2H3,(H,13,15)/t9-/m1/s1. The molecule has 16 heavy (non-hydrogen) atoms. The van der Waals surface area contributed by atoms with Crippen LogP contribution in [-0.4, -0.2) is 29.7 Å². The van der Waals surface area contributed by atoms with Crippen LogP contribution in [-0.2, 0) is 4.79 Å². The number of methoxy groups -OCH3 is 1. The minimum atomic E-state index is -0.413. The summed E-state index contributed by atoms with van der Waals surface area (Å²) in [5.41, 5.74) is 0.774. The fourth-order valence-electron chi connectivity index (χ4n) is 1.28. The van der Waals surface area contributed by atoms with Crippen molar-refractivity contribution in [1.29, 1.82) is 0 Å². The summed E-state index contributed by atoms with van der Waals surface area (Å²) in [6.45, 7) is 1.61. The highest BCUT2D eigenvalue weighted by Crippen LogP contribution is 2.16. The van der Waals surface area contributed by atoms with Crippen molar-refractivity contribution in [2.75, 3.05) is 13.7 Å². The van der Waals surface area contributed by atoms with Gasteiger partial charge in [-0.25, -0.2) is 4.98 Å². The zero-order chi connectivity index (χ0) is 12.0. The van der Waals surface area contributed by atoms with Gasteiger partial charge in [0.1, 0.15) is 0 Å². The molecule has 2 N–H and O–H groups in total. The van der Waals surface area contributed by atoms with E-state index in [1.165, 1.54) is 7.11 Å². The third-order valence-electron chi connectivity index (χ3n) is 2.21. The van der Waals surface area contributed by atoms with Gasteiger partial charge in [0.25, 0.3) is 0 Å². The van der Waals surface area contributed by atoms with Crippen LogP contribution in [0.5, 0.6) is 5.88 Å². The molecule has 0 aliphatic rings. The number of pyridine rings is 1. The molecule has 0 fully saturated rings. The van der Waals surface area contributed by atoms with Crippen LogP contribution >= 0.6 is 0 Å². The Morgan fingerprint density at radius 2 is 2.44 bits per heavy atom. The van der Waals surface area contributed by atoms with Crippen molar-refractivity contribution in [2.45, 2.75) is 19.4 Å². The van der Waals surface area contributed by atoms with E-state index in [1.807, 2.05) is 0 Å². The molecule has 0 unspecified atom stereocenters. The van der Waals surface area contributed by atoms with Crippen molar-refractivity contribution >= 4 is 5.91 Å². The van der Waals surface area contributed by atoms with Gasteiger partial charge in [-0.3, -0.25) is 4.79 Å². The first-order valence-corrected chi connectivity index (χ1v) is 5.11. The first-order valence-electron chi connectivity index (χ1n) is 5.11. The van der Waals surface area contributed by atoms with Crippen molar-refractivity contribution in [3.8, 4) is 5.88 Å². The number of ether oxygens (including phenoxy) is 1. The van der Waals surface area contributed by atoms with Crippen LogP contribution in [0.4, 0.5) is 0 Å². The third kappa shape index (κ3) is 3.20. The van der Waals surface area contributed by atoms with Crippen LogP contribution in [0, 0.1) is 0 Å². The Balaban J connectivity index is 2.81. The van der Waals surface area contributed by atoms with Crippen LogP contribution < -0.4 is 10.1 Å². The molecule has 0 aromatic carbocycles. The Hall–Kier alpha value is -1.62. The van der Waals surface area contributed by atoms with Crippen LogP contribution in [0.15, 0.2) is 18.3 Å². The van der Waals surface area contributed by atoms with Crippen molar-refractivity contribution in [3.05, 3.63) is 23.9 Å². The number of nitrogens with zero attached hydrogens (tertiary/aromatic N) is 1. The topological polar surface area (TPSA) is 71.5 Å². The van der Waals surface area contributed by atoms with Crippen molar-refractivity contribution in [2.24, 2.45) is 0 Å². The molecule has 5 heteroatoms. The lowest BCUT2D eigenvalue weighted by Gasteiger charge is -2.16. The van der Waals surface area contributed by atoms with E-state index >= 15 is 0 Å². The molecule has 0 saturated heterocycles. The van der Waals surface area contributed by atoms with Crippen LogP contribution in [0.1, 0.15) is 24.9 Å². The Morgan fingerprint density at radius 1 is 1.69 bits per heavy atom. The lowest BCUT2D eigenvalue weighted by atomic mass is 10.1. The normalized spacial score (nSPS) is 11.9. The minimum absolute atomic E-state index is 0.102. The average molecular weight is 224 g/mol. The number of aliphatic hydroxyl groups excluding tert-OH is 1. The number of carbonyl (C=O) groups is 1. The molecule has 0 bridgehead atoms. The predicted molar refractivity (Wildman–Crippen MR) is 59.0 cm³/mol. The van der Waals surface area contributed by atoms with Crippen LogP contribution in [0.25, 0.3) is 0 Å². The quantitative estimate of drug-likeness (QED) is 0.770. The van der Waals surface area contributed by atoms with Crippen molar-refractivity contribution in [3.63, 3.8) is 0 Å². The van der Waals surface area contributed by atoms with Gasteiger partial charge >= 0.3 is 0 Å². The molecule has 0 aliphatic heterocycles. The number of amides is 1. The highest BCUT2D eigenvalue weighted by molar-refractivity contribution is 5.76. The molecule has 0 aliphatic carbocycles. The van der Waals surface area contributed by atoms with E-state index in [4.69, 9.17) is 4.74 Å². The Kier molecular flexibility index (Phi) is 4.72. The first kappa shape index (κ1) is 12.4. The van der Waals surface area contributed by atoms with E-state index < -0.39 is 6.04 Å². The molecule has 88 valence electrons. The minimum Gasteiger partial charge on any atom is -0.481 e. The summed E-state index contributed by atoms with van der Waals surface area (Å²) in [7, 11) is 1.52. The maximum absolute atomic E-state index is 11.2. The number of aliphatic hydroxyl groups is 1. The van der Waals surface area contributed by atoms with Gasteiger partial charge in [-0.2, -0.15) is 0 Å². The molecule has 1 aromatic rings. The SMILES string of the molecule is CCC(=O)N[C@H](CO)c1ccnc(OC)c1. The molecular formula is C11H16N2O3. The monoisotopic (exact) mass is 224 g/mol. The van der Waals surface area contributed by atoms with E-state index in [-0.39, 0.29) is 12.5 Å². The number of rotatable bonds is 5. The second-order valence-electron chi connectivity index (χ2n) is 3.29. The maximum atomic E-state index is 11.2. The number of carbonyl (C=O) groups excluding carboxylic acids is 1. The van der Waals surface area contributed by atoms with Crippen molar-refractivity contribution < 1.29 is 14.6 Å². The van der Waals surface area contributed by atoms with Gasteiger partial charge in [-0.05, 0) is 11.6 Å². The second kappa shape index (κ2) is 6.07. The summed E-state index contributed by atoms with van der Waals surface area (Å²) in [6.07, 6.45) is 1.97. The number of hydrogen-bond acceptors (Lipinski definition) is 4. The first-order chi connectivity index (χ1) is 7.71. The fourth-order valence-corrected chi connectivity index (χ4v) is 1.28. The van der Waals surface area contributed by atoms with E-state index in [0.29, 0.717) is 12.3 Å². The molecule has 1 atom stereocenters. The average Bonchev–Trinajstić information content (AvgIpc) is 2.35. The predicted octanol–water partition coefficient (Wildman–Crippen LogP) is 0.650. The lowest BCUT2D eigenvalue weighted by Crippen LogP contribution is -2.30. The summed E-state index contributed by atoms with van der Waals surface area (Å²) in [5, 5.41) is 11.9. The number of aromatic nitrogens is 1. The molecule has 1 aromatic heterocycles. The maximum Gasteiger partial charge on any atom is 0.220 e. The summed E-state index contributed by atoms with van der Waals surface area (Å²) < 4.78 is 4.98. The molecular weight excluding hydrogens is 208 g/mol. The molecule has 1 rings (SSSR count). The largest absolute Gasteiger partial charge is 0.481 e. The summed E-state index contributed by atoms with van der Waals surface area (Å²) in [5.74, 6) is 0.358. The Bertz CT molecular complexity index is 355. The highest BCUT2D eigenvalue weighted by Gasteiger charge is 2.13. The van der Waals surface area contributed by atoms with Gasteiger partial charge < -0.3 is 15.2 Å². The van der Waals surface area contributed by atoms with E-state index in [1.54, 1.807) is 25.3 Å². The summed E-state index contributed by atoms with van der Waals surface area (Å²) >= 11 is 0. The molecule has 0 saturated carbocycles. The Morgan fingerprint density at radius 3 is 3.00 bits per heavy atom. The molecule has 1 heterocycles. The van der Waals surface area contributed by atoms with Gasteiger partial charge in [0, 0.05) is 18.7 Å². The summed E-state index contributed by atoms with van der Waals surface area (Å²) in [4.78, 5) is 15.2. The molecule has 5 nitrogen and oxygen atoms in total. The highest BCUT2D eigenvalue weighted by atomic mass is 16.5. The second-order valence-corrected chi connectivity index (χ2v) is 3.29. The van der Waals surface area contributed by atoms with Crippen molar-refractivity contribution in [1.82, 2.24) is 10.3 Å². The smallest absolute Gasteiger partial charge is 0.220 e. The van der Waals surface area contributed by atoms with E-state index in [2.05, 4.69) is 10.3 Å². The Labute approximate surface area is 94.5 Å². The zero-order valence-corrected chi connectivity index (χ0v) is 9.43. The zero-order valence-electron chi connectivity index (χ0n) is 9.43. The van der Waals surface area contributed by atoms with Gasteiger partial charge in [-0.15, -0.1) is 0 Å². The van der Waals surface area contributed by atoms with Gasteiger partial charge in [0.05, 0.1) is 19.8 Å². The molecule has 1 amide bonds. The van der Waals surface area contributed by atoms with Gasteiger partial charge in [0.15, 0.2) is 0 Å². The number of nitrogens with one attached hydrogen (secondary N) is 1. The van der Waals surface area contributed by atoms with Gasteiger partial charge in [0.2, 0.25) is 11.8 Å². The third-order valence-corrected chi connectivity index (χ3v) is 2.21. The van der Waals surface area contributed by atoms with E-state index in [9.17, 15) is 9.90 Å². The lowest BCUT2D eigenvalue weighted by molar-refractivity contribution is -0.121. The fraction of sp³-hybridized carbons (Fsp3) is 0.455. The molecule has 0 spiro atoms. The van der Waals surface area contributed by atoms with Crippen LogP contribution in [0.2, 0.25) is 0 Å². The van der Waals surface area contributed by atoms with E-state index in [0.717, 1.165) is 5.56 Å². The van der Waals surface area contributed by atoms with Gasteiger partial charge in [-0.1, -0.05) is 6.92 Å². The number of hydrogen-bond donors (Lipinski definition) is 2. The molecule has 0 radical (unpaired) electrons. The van der Waals surface area contributed by atoms with Crippen LogP contribution in [0.3, 0.4) is 0 Å². The summed E-state index contributed by atoms with van der Waals surface area (Å²) in [6, 6.07) is 3.01.